The summed E-state index contributed by atoms with van der Waals surface area (Å²) >= 11 is 5.89. The molecule has 94 valence electrons. The zero-order valence-corrected chi connectivity index (χ0v) is 10.6. The van der Waals surface area contributed by atoms with Gasteiger partial charge in [0, 0.05) is 12.8 Å². The van der Waals surface area contributed by atoms with E-state index in [0.29, 0.717) is 11.7 Å². The molecule has 0 aliphatic heterocycles. The molecular formula is C11H16ClN3O2. The van der Waals surface area contributed by atoms with Crippen molar-refractivity contribution in [1.82, 2.24) is 5.27 Å². The Morgan fingerprint density at radius 1 is 1.53 bits per heavy atom. The van der Waals surface area contributed by atoms with E-state index < -0.39 is 0 Å². The molecule has 1 fully saturated rings. The number of hydrogen-bond donors (Lipinski definition) is 0. The largest absolute Gasteiger partial charge is 0.862 e. The van der Waals surface area contributed by atoms with Gasteiger partial charge in [0.1, 0.15) is 5.88 Å². The van der Waals surface area contributed by atoms with Gasteiger partial charge in [-0.25, -0.2) is 4.99 Å². The molecule has 0 N–H and O–H groups in total. The topological polar surface area (TPSA) is 65.3 Å². The Kier molecular flexibility index (Phi) is 3.99. The van der Waals surface area contributed by atoms with Crippen molar-refractivity contribution < 1.29 is 14.3 Å². The van der Waals surface area contributed by atoms with Crippen molar-refractivity contribution in [3.63, 3.8) is 0 Å². The first-order valence-electron chi connectivity index (χ1n) is 5.91. The average molecular weight is 258 g/mol. The van der Waals surface area contributed by atoms with E-state index >= 15 is 0 Å². The third-order valence-corrected chi connectivity index (χ3v) is 3.30. The molecule has 0 amide bonds. The maximum atomic E-state index is 11.0. The fourth-order valence-electron chi connectivity index (χ4n) is 2.24. The van der Waals surface area contributed by atoms with Crippen molar-refractivity contribution in [3.05, 3.63) is 5.69 Å². The third-order valence-electron chi connectivity index (χ3n) is 3.04. The van der Waals surface area contributed by atoms with Gasteiger partial charge in [-0.2, -0.15) is 0 Å². The predicted molar refractivity (Wildman–Crippen MR) is 61.1 cm³/mol. The van der Waals surface area contributed by atoms with Crippen LogP contribution >= 0.6 is 11.6 Å². The molecule has 0 unspecified atom stereocenters. The van der Waals surface area contributed by atoms with Crippen LogP contribution in [0, 0.1) is 0 Å². The first-order valence-corrected chi connectivity index (χ1v) is 6.44. The quantitative estimate of drug-likeness (QED) is 0.358. The summed E-state index contributed by atoms with van der Waals surface area (Å²) in [5, 5.41) is 14.9. The number of hydrogen-bond acceptors (Lipinski definition) is 4. The lowest BCUT2D eigenvalue weighted by Gasteiger charge is -2.14. The van der Waals surface area contributed by atoms with Crippen LogP contribution in [0.2, 0.25) is 0 Å². The molecule has 0 bridgehead atoms. The summed E-state index contributed by atoms with van der Waals surface area (Å²) in [5.41, 5.74) is 0.703. The molecule has 0 aromatic carbocycles. The minimum absolute atomic E-state index is 0.248. The predicted octanol–water partition coefficient (Wildman–Crippen LogP) is 1.62. The van der Waals surface area contributed by atoms with Gasteiger partial charge < -0.3 is 5.11 Å². The number of alkyl halides is 1. The lowest BCUT2D eigenvalue weighted by atomic mass is 9.95. The third kappa shape index (κ3) is 2.77. The fourth-order valence-corrected chi connectivity index (χ4v) is 2.48. The normalized spacial score (nSPS) is 18.6. The molecule has 6 heteroatoms. The van der Waals surface area contributed by atoms with Gasteiger partial charge in [0.15, 0.2) is 6.04 Å². The molecule has 0 saturated heterocycles. The summed E-state index contributed by atoms with van der Waals surface area (Å²) in [6.45, 7) is 1.38. The highest BCUT2D eigenvalue weighted by atomic mass is 35.5. The van der Waals surface area contributed by atoms with Crippen molar-refractivity contribution >= 4 is 23.4 Å². The molecule has 1 aliphatic rings. The van der Waals surface area contributed by atoms with Crippen LogP contribution in [0.1, 0.15) is 50.8 Å². The van der Waals surface area contributed by atoms with Crippen LogP contribution < -0.4 is 9.79 Å². The molecular weight excluding hydrogens is 242 g/mol. The second kappa shape index (κ2) is 5.49. The molecule has 5 nitrogen and oxygen atoms in total. The van der Waals surface area contributed by atoms with Crippen LogP contribution in [0.25, 0.3) is 0 Å². The van der Waals surface area contributed by atoms with Crippen LogP contribution in [0.3, 0.4) is 0 Å². The molecule has 0 atom stereocenters. The first-order chi connectivity index (χ1) is 8.22. The number of rotatable bonds is 3. The van der Waals surface area contributed by atoms with E-state index in [9.17, 15) is 5.11 Å². The highest BCUT2D eigenvalue weighted by Gasteiger charge is 2.32. The second-order valence-electron chi connectivity index (χ2n) is 4.33. The zero-order valence-electron chi connectivity index (χ0n) is 9.86. The minimum Gasteiger partial charge on any atom is -0.862 e. The van der Waals surface area contributed by atoms with Gasteiger partial charge in [-0.15, -0.1) is 11.6 Å². The molecule has 1 aliphatic carbocycles. The van der Waals surface area contributed by atoms with Gasteiger partial charge in [-0.1, -0.05) is 6.42 Å². The standard InChI is InChI=1S/C11H16ClN3O2/c1-8(16)13-11-10(7-12)15(14-17-11)9-5-3-2-4-6-9/h9H,2-7H2,1H3. The van der Waals surface area contributed by atoms with Gasteiger partial charge in [-0.3, -0.25) is 4.52 Å². The Labute approximate surface area is 105 Å². The van der Waals surface area contributed by atoms with Gasteiger partial charge in [0.05, 0.1) is 0 Å². The fraction of sp³-hybridized carbons (Fsp3) is 0.727. The van der Waals surface area contributed by atoms with E-state index in [0.717, 1.165) is 12.8 Å². The second-order valence-corrected chi connectivity index (χ2v) is 4.59. The van der Waals surface area contributed by atoms with Crippen LogP contribution in [0.15, 0.2) is 9.52 Å². The first kappa shape index (κ1) is 12.4. The highest BCUT2D eigenvalue weighted by molar-refractivity contribution is 6.17. The van der Waals surface area contributed by atoms with Crippen molar-refractivity contribution in [2.24, 2.45) is 4.99 Å². The molecule has 1 heterocycles. The number of aromatic nitrogens is 2. The Balaban J connectivity index is 2.27. The number of halogens is 1. The van der Waals surface area contributed by atoms with E-state index in [-0.39, 0.29) is 17.7 Å². The minimum atomic E-state index is -0.302. The molecule has 0 radical (unpaired) electrons. The van der Waals surface area contributed by atoms with E-state index in [1.807, 2.05) is 0 Å². The lowest BCUT2D eigenvalue weighted by Crippen LogP contribution is -2.45. The van der Waals surface area contributed by atoms with Crippen molar-refractivity contribution in [2.45, 2.75) is 50.9 Å². The zero-order chi connectivity index (χ0) is 12.3. The Morgan fingerprint density at radius 2 is 2.24 bits per heavy atom. The maximum absolute atomic E-state index is 11.0. The summed E-state index contributed by atoms with van der Waals surface area (Å²) < 4.78 is 6.89. The SMILES string of the molecule is C/C([O-])=N/c1on[n+](C2CCCCC2)c1CCl. The smallest absolute Gasteiger partial charge is 0.325 e. The summed E-state index contributed by atoms with van der Waals surface area (Å²) in [4.78, 5) is 3.77. The van der Waals surface area contributed by atoms with Crippen LogP contribution in [-0.2, 0) is 5.88 Å². The number of nitrogens with zero attached hydrogens (tertiary/aromatic N) is 3. The molecule has 17 heavy (non-hydrogen) atoms. The van der Waals surface area contributed by atoms with Crippen molar-refractivity contribution in [2.75, 3.05) is 0 Å². The van der Waals surface area contributed by atoms with Crippen molar-refractivity contribution in [1.29, 1.82) is 0 Å². The van der Waals surface area contributed by atoms with Crippen molar-refractivity contribution in [3.8, 4) is 0 Å². The van der Waals surface area contributed by atoms with Crippen LogP contribution in [0.4, 0.5) is 5.88 Å². The highest BCUT2D eigenvalue weighted by Crippen LogP contribution is 2.26. The average Bonchev–Trinajstić information content (AvgIpc) is 2.72. The van der Waals surface area contributed by atoms with Crippen LogP contribution in [-0.4, -0.2) is 11.2 Å². The Morgan fingerprint density at radius 3 is 2.82 bits per heavy atom. The molecule has 1 aromatic heterocycles. The van der Waals surface area contributed by atoms with Gasteiger partial charge >= 0.3 is 5.88 Å². The van der Waals surface area contributed by atoms with E-state index in [4.69, 9.17) is 16.1 Å². The van der Waals surface area contributed by atoms with Gasteiger partial charge in [0.25, 0.3) is 5.69 Å². The van der Waals surface area contributed by atoms with E-state index in [1.165, 1.54) is 26.2 Å². The maximum Gasteiger partial charge on any atom is 0.325 e. The Bertz CT molecular complexity index is 407. The number of aliphatic imine (C=N–C) groups is 1. The van der Waals surface area contributed by atoms with Crippen LogP contribution in [0.5, 0.6) is 0 Å². The summed E-state index contributed by atoms with van der Waals surface area (Å²) in [7, 11) is 0. The summed E-state index contributed by atoms with van der Waals surface area (Å²) in [5.74, 6) is 0.202. The van der Waals surface area contributed by atoms with E-state index in [2.05, 4.69) is 10.3 Å². The summed E-state index contributed by atoms with van der Waals surface area (Å²) in [6.07, 6.45) is 5.84. The Hall–Kier alpha value is -1.10. The van der Waals surface area contributed by atoms with Gasteiger partial charge in [-0.05, 0) is 30.3 Å². The monoisotopic (exact) mass is 257 g/mol. The molecule has 2 rings (SSSR count). The van der Waals surface area contributed by atoms with E-state index in [1.54, 1.807) is 4.68 Å². The molecule has 1 aromatic rings. The molecule has 1 saturated carbocycles. The summed E-state index contributed by atoms with van der Waals surface area (Å²) in [6, 6.07) is 0.331. The molecule has 0 spiro atoms. The van der Waals surface area contributed by atoms with Gasteiger partial charge in [0.2, 0.25) is 5.27 Å². The lowest BCUT2D eigenvalue weighted by molar-refractivity contribution is -0.792.